The molecule has 0 fully saturated rings. The van der Waals surface area contributed by atoms with Crippen molar-refractivity contribution in [3.05, 3.63) is 11.1 Å². The highest BCUT2D eigenvalue weighted by Crippen LogP contribution is 2.71. The topological polar surface area (TPSA) is 251 Å². The fourth-order valence-corrected chi connectivity index (χ4v) is 5.19. The summed E-state index contributed by atoms with van der Waals surface area (Å²) >= 11 is 0.649. The first-order valence-corrected chi connectivity index (χ1v) is 12.6. The maximum absolute atomic E-state index is 12.4. The van der Waals surface area contributed by atoms with Gasteiger partial charge in [0.05, 0.1) is 6.42 Å². The molecule has 0 aliphatic carbocycles. The van der Waals surface area contributed by atoms with Crippen LogP contribution < -0.4 is 5.32 Å². The van der Waals surface area contributed by atoms with Gasteiger partial charge in [0.1, 0.15) is 18.4 Å². The van der Waals surface area contributed by atoms with Crippen LogP contribution in [-0.4, -0.2) is 71.2 Å². The average Bonchev–Trinajstić information content (AvgIpc) is 3.02. The SMILES string of the molecule is CO/N=C(\C(=O)O)c1csc(NC(=O)CC(OC(=O)OC(C)(C)C)(P(=O)(O)O)P(=O)(O)O)n1. The fourth-order valence-electron chi connectivity index (χ4n) is 2.03. The van der Waals surface area contributed by atoms with Gasteiger partial charge in [-0.1, -0.05) is 5.16 Å². The lowest BCUT2D eigenvalue weighted by molar-refractivity contribution is -0.129. The first-order valence-electron chi connectivity index (χ1n) is 8.46. The Bertz CT molecular complexity index is 1010. The van der Waals surface area contributed by atoms with Crippen molar-refractivity contribution in [2.75, 3.05) is 12.4 Å². The van der Waals surface area contributed by atoms with Gasteiger partial charge in [-0.25, -0.2) is 14.6 Å². The molecule has 0 unspecified atom stereocenters. The number of aliphatic carboxylic acids is 1. The number of rotatable bonds is 9. The van der Waals surface area contributed by atoms with Crippen LogP contribution in [0.5, 0.6) is 0 Å². The zero-order valence-corrected chi connectivity index (χ0v) is 20.1. The zero-order chi connectivity index (χ0) is 25.8. The van der Waals surface area contributed by atoms with Crippen molar-refractivity contribution in [3.8, 4) is 0 Å². The Hall–Kier alpha value is -2.39. The molecule has 0 aliphatic heterocycles. The van der Waals surface area contributed by atoms with Crippen LogP contribution >= 0.6 is 26.5 Å². The molecule has 1 amide bonds. The second-order valence-corrected chi connectivity index (χ2v) is 11.9. The van der Waals surface area contributed by atoms with Gasteiger partial charge in [-0.15, -0.1) is 11.3 Å². The lowest BCUT2D eigenvalue weighted by Crippen LogP contribution is -2.40. The molecule has 19 heteroatoms. The van der Waals surface area contributed by atoms with E-state index in [4.69, 9.17) is 5.11 Å². The van der Waals surface area contributed by atoms with Crippen molar-refractivity contribution in [1.29, 1.82) is 0 Å². The number of carboxylic acids is 1. The van der Waals surface area contributed by atoms with E-state index in [1.165, 1.54) is 20.8 Å². The standard InChI is InChI=1S/C14H21N3O13P2S/c1-13(2,3)29-12(21)30-14(31(22,23)24,32(25,26)27)5-8(18)16-11-15-7(6-33-11)9(10(19)20)17-28-4/h6H,5H2,1-4H3,(H,19,20)(H,15,16,18)(H2,22,23,24)(H2,25,26,27)/b17-9-. The quantitative estimate of drug-likeness (QED) is 0.111. The number of nitrogens with one attached hydrogen (secondary N) is 1. The summed E-state index contributed by atoms with van der Waals surface area (Å²) in [7, 11) is -11.0. The number of thiazole rings is 1. The molecule has 1 aromatic heterocycles. The van der Waals surface area contributed by atoms with E-state index >= 15 is 0 Å². The van der Waals surface area contributed by atoms with Crippen molar-refractivity contribution in [1.82, 2.24) is 4.98 Å². The number of ether oxygens (including phenoxy) is 2. The number of aromatic nitrogens is 1. The second kappa shape index (κ2) is 10.3. The van der Waals surface area contributed by atoms with Crippen molar-refractivity contribution < 1.29 is 62.5 Å². The number of carbonyl (C=O) groups excluding carboxylic acids is 2. The van der Waals surface area contributed by atoms with Gasteiger partial charge in [0, 0.05) is 5.38 Å². The summed E-state index contributed by atoms with van der Waals surface area (Å²) in [5.74, 6) is -2.96. The van der Waals surface area contributed by atoms with Gasteiger partial charge in [-0.3, -0.25) is 13.9 Å². The summed E-state index contributed by atoms with van der Waals surface area (Å²) in [5.41, 5.74) is -2.16. The van der Waals surface area contributed by atoms with Crippen molar-refractivity contribution in [2.45, 2.75) is 37.9 Å². The molecule has 0 saturated carbocycles. The average molecular weight is 533 g/mol. The summed E-state index contributed by atoms with van der Waals surface area (Å²) in [6, 6.07) is 0. The minimum absolute atomic E-state index is 0.258. The number of hydrogen-bond acceptors (Lipinski definition) is 11. The number of carboxylic acid groups (broad SMARTS) is 1. The van der Waals surface area contributed by atoms with E-state index in [2.05, 4.69) is 24.5 Å². The van der Waals surface area contributed by atoms with Crippen molar-refractivity contribution in [3.63, 3.8) is 0 Å². The molecule has 0 atom stereocenters. The normalized spacial score (nSPS) is 13.3. The van der Waals surface area contributed by atoms with Crippen LogP contribution in [0.2, 0.25) is 0 Å². The number of anilines is 1. The Labute approximate surface area is 189 Å². The molecule has 6 N–H and O–H groups in total. The summed E-state index contributed by atoms with van der Waals surface area (Å²) < 4.78 is 33.1. The van der Waals surface area contributed by atoms with Gasteiger partial charge in [-0.2, -0.15) is 0 Å². The van der Waals surface area contributed by atoms with Crippen LogP contribution in [-0.2, 0) is 33.0 Å². The third-order valence-corrected chi connectivity index (χ3v) is 7.96. The molecule has 1 aromatic rings. The monoisotopic (exact) mass is 533 g/mol. The zero-order valence-electron chi connectivity index (χ0n) is 17.5. The maximum Gasteiger partial charge on any atom is 0.510 e. The molecule has 0 saturated heterocycles. The molecule has 186 valence electrons. The molecule has 16 nitrogen and oxygen atoms in total. The molecular weight excluding hydrogens is 512 g/mol. The van der Waals surface area contributed by atoms with Gasteiger partial charge < -0.3 is 44.3 Å². The van der Waals surface area contributed by atoms with Gasteiger partial charge in [-0.05, 0) is 20.8 Å². The molecule has 0 aromatic carbocycles. The Kier molecular flexibility index (Phi) is 8.90. The van der Waals surface area contributed by atoms with Crippen molar-refractivity contribution in [2.24, 2.45) is 5.16 Å². The largest absolute Gasteiger partial charge is 0.510 e. The summed E-state index contributed by atoms with van der Waals surface area (Å²) in [4.78, 5) is 82.1. The maximum atomic E-state index is 12.4. The van der Waals surface area contributed by atoms with E-state index in [9.17, 15) is 43.1 Å². The van der Waals surface area contributed by atoms with Crippen LogP contribution in [0.15, 0.2) is 10.5 Å². The van der Waals surface area contributed by atoms with Gasteiger partial charge in [0.25, 0.3) is 0 Å². The van der Waals surface area contributed by atoms with E-state index in [0.717, 1.165) is 12.5 Å². The number of nitrogens with zero attached hydrogens (tertiary/aromatic N) is 2. The van der Waals surface area contributed by atoms with Gasteiger partial charge in [0.15, 0.2) is 5.13 Å². The first-order chi connectivity index (χ1) is 14.8. The highest BCUT2D eigenvalue weighted by molar-refractivity contribution is 7.72. The van der Waals surface area contributed by atoms with Crippen LogP contribution in [0.4, 0.5) is 9.93 Å². The molecule has 33 heavy (non-hydrogen) atoms. The van der Waals surface area contributed by atoms with Crippen LogP contribution in [0, 0.1) is 0 Å². The number of hydrogen-bond donors (Lipinski definition) is 6. The molecule has 1 heterocycles. The van der Waals surface area contributed by atoms with Gasteiger partial charge >= 0.3 is 32.4 Å². The Morgan fingerprint density at radius 2 is 1.67 bits per heavy atom. The van der Waals surface area contributed by atoms with E-state index in [1.54, 1.807) is 0 Å². The predicted octanol–water partition coefficient (Wildman–Crippen LogP) is 0.868. The Morgan fingerprint density at radius 3 is 2.09 bits per heavy atom. The molecule has 0 spiro atoms. The van der Waals surface area contributed by atoms with Crippen LogP contribution in [0.3, 0.4) is 0 Å². The lowest BCUT2D eigenvalue weighted by Gasteiger charge is -2.33. The minimum atomic E-state index is -6.02. The number of oxime groups is 1. The highest BCUT2D eigenvalue weighted by atomic mass is 32.1. The fraction of sp³-hybridized carbons (Fsp3) is 0.500. The Balaban J connectivity index is 3.27. The second-order valence-electron chi connectivity index (χ2n) is 7.09. The summed E-state index contributed by atoms with van der Waals surface area (Å²) in [5, 5.41) is 11.2. The van der Waals surface area contributed by atoms with E-state index in [0.29, 0.717) is 11.3 Å². The minimum Gasteiger partial charge on any atom is -0.476 e. The molecule has 0 radical (unpaired) electrons. The summed E-state index contributed by atoms with van der Waals surface area (Å²) in [6.07, 6.45) is -3.55. The first kappa shape index (κ1) is 28.6. The third-order valence-electron chi connectivity index (χ3n) is 3.32. The van der Waals surface area contributed by atoms with E-state index in [-0.39, 0.29) is 10.8 Å². The number of amides is 1. The van der Waals surface area contributed by atoms with Gasteiger partial charge in [0.2, 0.25) is 11.6 Å². The summed E-state index contributed by atoms with van der Waals surface area (Å²) in [6.45, 7) is 4.03. The Morgan fingerprint density at radius 1 is 1.12 bits per heavy atom. The predicted molar refractivity (Wildman–Crippen MR) is 111 cm³/mol. The highest BCUT2D eigenvalue weighted by Gasteiger charge is 2.66. The van der Waals surface area contributed by atoms with E-state index < -0.39 is 56.0 Å². The lowest BCUT2D eigenvalue weighted by atomic mass is 10.2. The molecule has 0 bridgehead atoms. The smallest absolute Gasteiger partial charge is 0.476 e. The molecule has 0 aliphatic rings. The molecular formula is C14H21N3O13P2S. The van der Waals surface area contributed by atoms with Crippen LogP contribution in [0.25, 0.3) is 0 Å². The third kappa shape index (κ3) is 7.57. The number of carbonyl (C=O) groups is 3. The van der Waals surface area contributed by atoms with Crippen molar-refractivity contribution >= 4 is 55.4 Å². The van der Waals surface area contributed by atoms with E-state index in [1.807, 2.05) is 5.32 Å². The molecule has 1 rings (SSSR count). The van der Waals surface area contributed by atoms with Crippen LogP contribution in [0.1, 0.15) is 32.9 Å².